The van der Waals surface area contributed by atoms with Crippen molar-refractivity contribution in [2.45, 2.75) is 13.0 Å². The van der Waals surface area contributed by atoms with Crippen LogP contribution in [0, 0.1) is 10.1 Å². The number of aromatic nitrogens is 2. The average molecular weight is 300 g/mol. The number of rotatable bonds is 7. The van der Waals surface area contributed by atoms with Crippen LogP contribution in [0.3, 0.4) is 0 Å². The standard InChI is InChI=1S/C15H16N4O3/c20-15(17-8-1-10-18-11-9-16-12-18)7-4-13-2-5-14(6-3-13)19(21)22/h2-7,9,11-12H,1,8,10H2,(H,17,20). The molecule has 1 amide bonds. The first kappa shape index (κ1) is 15.4. The number of carbonyl (C=O) groups is 1. The maximum atomic E-state index is 11.6. The van der Waals surface area contributed by atoms with Gasteiger partial charge in [0.05, 0.1) is 11.3 Å². The summed E-state index contributed by atoms with van der Waals surface area (Å²) in [6.07, 6.45) is 9.17. The molecule has 1 heterocycles. The van der Waals surface area contributed by atoms with Gasteiger partial charge in [0.25, 0.3) is 5.69 Å². The SMILES string of the molecule is O=C(C=Cc1ccc([N+](=O)[O-])cc1)NCCCn1ccnc1. The lowest BCUT2D eigenvalue weighted by molar-refractivity contribution is -0.384. The van der Waals surface area contributed by atoms with E-state index in [-0.39, 0.29) is 11.6 Å². The van der Waals surface area contributed by atoms with Gasteiger partial charge in [-0.3, -0.25) is 14.9 Å². The summed E-state index contributed by atoms with van der Waals surface area (Å²) in [4.78, 5) is 25.6. The van der Waals surface area contributed by atoms with Crippen LogP contribution in [-0.4, -0.2) is 26.9 Å². The Balaban J connectivity index is 1.72. The number of benzene rings is 1. The monoisotopic (exact) mass is 300 g/mol. The first-order valence-electron chi connectivity index (χ1n) is 6.81. The summed E-state index contributed by atoms with van der Waals surface area (Å²) in [5.74, 6) is -0.191. The summed E-state index contributed by atoms with van der Waals surface area (Å²) in [5.41, 5.74) is 0.764. The molecule has 0 saturated carbocycles. The number of hydrogen-bond donors (Lipinski definition) is 1. The Hall–Kier alpha value is -2.96. The summed E-state index contributed by atoms with van der Waals surface area (Å²) in [6.45, 7) is 1.37. The molecule has 0 aliphatic heterocycles. The molecule has 1 N–H and O–H groups in total. The van der Waals surface area contributed by atoms with Crippen LogP contribution >= 0.6 is 0 Å². The zero-order valence-corrected chi connectivity index (χ0v) is 11.9. The molecule has 0 spiro atoms. The van der Waals surface area contributed by atoms with E-state index >= 15 is 0 Å². The summed E-state index contributed by atoms with van der Waals surface area (Å²) in [5, 5.41) is 13.3. The Bertz CT molecular complexity index is 648. The van der Waals surface area contributed by atoms with Gasteiger partial charge < -0.3 is 9.88 Å². The van der Waals surface area contributed by atoms with Gasteiger partial charge in [-0.05, 0) is 30.2 Å². The van der Waals surface area contributed by atoms with Crippen LogP contribution in [-0.2, 0) is 11.3 Å². The Morgan fingerprint density at radius 2 is 2.14 bits per heavy atom. The van der Waals surface area contributed by atoms with Crippen molar-refractivity contribution in [1.29, 1.82) is 0 Å². The van der Waals surface area contributed by atoms with Gasteiger partial charge in [-0.15, -0.1) is 0 Å². The van der Waals surface area contributed by atoms with Gasteiger partial charge in [0.1, 0.15) is 0 Å². The summed E-state index contributed by atoms with van der Waals surface area (Å²) in [7, 11) is 0. The predicted octanol–water partition coefficient (Wildman–Crippen LogP) is 2.01. The van der Waals surface area contributed by atoms with E-state index in [0.717, 1.165) is 18.5 Å². The summed E-state index contributed by atoms with van der Waals surface area (Å²) in [6, 6.07) is 6.01. The normalized spacial score (nSPS) is 10.7. The highest BCUT2D eigenvalue weighted by Gasteiger charge is 2.02. The molecule has 22 heavy (non-hydrogen) atoms. The molecule has 0 radical (unpaired) electrons. The highest BCUT2D eigenvalue weighted by molar-refractivity contribution is 5.91. The lowest BCUT2D eigenvalue weighted by atomic mass is 10.2. The van der Waals surface area contributed by atoms with Crippen LogP contribution in [0.2, 0.25) is 0 Å². The number of nitrogens with one attached hydrogen (secondary N) is 1. The number of imidazole rings is 1. The van der Waals surface area contributed by atoms with Crippen LogP contribution in [0.4, 0.5) is 5.69 Å². The Morgan fingerprint density at radius 3 is 2.77 bits per heavy atom. The third-order valence-electron chi connectivity index (χ3n) is 2.98. The van der Waals surface area contributed by atoms with Gasteiger partial charge in [0.2, 0.25) is 5.91 Å². The molecule has 0 aliphatic carbocycles. The maximum absolute atomic E-state index is 11.6. The molecular weight excluding hydrogens is 284 g/mol. The Kier molecular flexibility index (Phi) is 5.42. The van der Waals surface area contributed by atoms with Crippen molar-refractivity contribution in [1.82, 2.24) is 14.9 Å². The second-order valence-electron chi connectivity index (χ2n) is 4.63. The lowest BCUT2D eigenvalue weighted by Crippen LogP contribution is -2.22. The number of nitrogens with zero attached hydrogens (tertiary/aromatic N) is 3. The molecule has 1 aromatic heterocycles. The molecule has 0 bridgehead atoms. The molecule has 0 atom stereocenters. The van der Waals surface area contributed by atoms with Gasteiger partial charge in [-0.1, -0.05) is 0 Å². The molecular formula is C15H16N4O3. The van der Waals surface area contributed by atoms with Crippen LogP contribution < -0.4 is 5.32 Å². The number of carbonyl (C=O) groups excluding carboxylic acids is 1. The fourth-order valence-corrected chi connectivity index (χ4v) is 1.83. The van der Waals surface area contributed by atoms with Crippen LogP contribution in [0.5, 0.6) is 0 Å². The highest BCUT2D eigenvalue weighted by atomic mass is 16.6. The predicted molar refractivity (Wildman–Crippen MR) is 82.0 cm³/mol. The first-order valence-corrected chi connectivity index (χ1v) is 6.81. The van der Waals surface area contributed by atoms with Crippen molar-refractivity contribution in [2.75, 3.05) is 6.54 Å². The summed E-state index contributed by atoms with van der Waals surface area (Å²) < 4.78 is 1.94. The van der Waals surface area contributed by atoms with Crippen molar-refractivity contribution in [3.05, 3.63) is 64.7 Å². The van der Waals surface area contributed by atoms with Crippen molar-refractivity contribution in [3.63, 3.8) is 0 Å². The Labute approximate surface area is 127 Å². The van der Waals surface area contributed by atoms with Crippen molar-refractivity contribution in [3.8, 4) is 0 Å². The topological polar surface area (TPSA) is 90.1 Å². The minimum atomic E-state index is -0.458. The fraction of sp³-hybridized carbons (Fsp3) is 0.200. The fourth-order valence-electron chi connectivity index (χ4n) is 1.83. The maximum Gasteiger partial charge on any atom is 0.269 e. The third-order valence-corrected chi connectivity index (χ3v) is 2.98. The van der Waals surface area contributed by atoms with E-state index in [4.69, 9.17) is 0 Å². The van der Waals surface area contributed by atoms with E-state index in [9.17, 15) is 14.9 Å². The van der Waals surface area contributed by atoms with Crippen LogP contribution in [0.15, 0.2) is 49.1 Å². The van der Waals surface area contributed by atoms with Crippen molar-refractivity contribution < 1.29 is 9.72 Å². The van der Waals surface area contributed by atoms with E-state index in [1.165, 1.54) is 18.2 Å². The average Bonchev–Trinajstić information content (AvgIpc) is 3.03. The minimum absolute atomic E-state index is 0.0288. The molecule has 1 aromatic carbocycles. The molecule has 7 nitrogen and oxygen atoms in total. The van der Waals surface area contributed by atoms with E-state index in [2.05, 4.69) is 10.3 Å². The van der Waals surface area contributed by atoms with Gasteiger partial charge in [-0.2, -0.15) is 0 Å². The molecule has 0 fully saturated rings. The van der Waals surface area contributed by atoms with Crippen LogP contribution in [0.1, 0.15) is 12.0 Å². The quantitative estimate of drug-likeness (QED) is 0.366. The number of nitro benzene ring substituents is 1. The zero-order valence-electron chi connectivity index (χ0n) is 11.9. The number of nitro groups is 1. The van der Waals surface area contributed by atoms with Gasteiger partial charge in [-0.25, -0.2) is 4.98 Å². The Morgan fingerprint density at radius 1 is 1.36 bits per heavy atom. The number of amides is 1. The van der Waals surface area contributed by atoms with Crippen LogP contribution in [0.25, 0.3) is 6.08 Å². The number of aryl methyl sites for hydroxylation is 1. The minimum Gasteiger partial charge on any atom is -0.352 e. The van der Waals surface area contributed by atoms with Crippen molar-refractivity contribution in [2.24, 2.45) is 0 Å². The van der Waals surface area contributed by atoms with E-state index < -0.39 is 4.92 Å². The van der Waals surface area contributed by atoms with Crippen molar-refractivity contribution >= 4 is 17.7 Å². The third kappa shape index (κ3) is 4.86. The van der Waals surface area contributed by atoms with Gasteiger partial charge in [0.15, 0.2) is 0 Å². The second kappa shape index (κ2) is 7.72. The molecule has 7 heteroatoms. The number of hydrogen-bond acceptors (Lipinski definition) is 4. The lowest BCUT2D eigenvalue weighted by Gasteiger charge is -2.03. The number of non-ortho nitro benzene ring substituents is 1. The molecule has 0 aliphatic rings. The molecule has 0 unspecified atom stereocenters. The largest absolute Gasteiger partial charge is 0.352 e. The molecule has 2 rings (SSSR count). The highest BCUT2D eigenvalue weighted by Crippen LogP contribution is 2.12. The first-order chi connectivity index (χ1) is 10.6. The molecule has 0 saturated heterocycles. The van der Waals surface area contributed by atoms with Gasteiger partial charge >= 0.3 is 0 Å². The zero-order chi connectivity index (χ0) is 15.8. The van der Waals surface area contributed by atoms with E-state index in [0.29, 0.717) is 6.54 Å². The molecule has 114 valence electrons. The molecule has 2 aromatic rings. The van der Waals surface area contributed by atoms with E-state index in [1.54, 1.807) is 30.7 Å². The summed E-state index contributed by atoms with van der Waals surface area (Å²) >= 11 is 0. The second-order valence-corrected chi connectivity index (χ2v) is 4.63. The van der Waals surface area contributed by atoms with Gasteiger partial charge in [0, 0.05) is 43.7 Å². The smallest absolute Gasteiger partial charge is 0.269 e. The van der Waals surface area contributed by atoms with E-state index in [1.807, 2.05) is 10.8 Å².